The van der Waals surface area contributed by atoms with Crippen molar-refractivity contribution in [3.05, 3.63) is 20.8 Å². The highest BCUT2D eigenvalue weighted by Crippen LogP contribution is 2.19. The topological polar surface area (TPSA) is 61.8 Å². The summed E-state index contributed by atoms with van der Waals surface area (Å²) in [6.45, 7) is 2.02. The minimum Gasteiger partial charge on any atom is -0.316 e. The summed E-state index contributed by atoms with van der Waals surface area (Å²) >= 11 is 1.55. The van der Waals surface area contributed by atoms with Crippen LogP contribution in [0.3, 0.4) is 0 Å². The molecule has 92 valence electrons. The fourth-order valence-electron chi connectivity index (χ4n) is 1.76. The van der Waals surface area contributed by atoms with Gasteiger partial charge in [-0.15, -0.1) is 0 Å². The highest BCUT2D eigenvalue weighted by molar-refractivity contribution is 7.99. The zero-order valence-electron chi connectivity index (χ0n) is 10.2. The second kappa shape index (κ2) is 4.06. The van der Waals surface area contributed by atoms with Crippen LogP contribution < -0.4 is 11.2 Å². The lowest BCUT2D eigenvalue weighted by Gasteiger charge is -2.03. The Kier molecular flexibility index (Phi) is 2.86. The molecular formula is C10H14N4O2S. The monoisotopic (exact) mass is 254 g/mol. The van der Waals surface area contributed by atoms with Crippen LogP contribution in [0.1, 0.15) is 6.92 Å². The Morgan fingerprint density at radius 3 is 2.35 bits per heavy atom. The maximum Gasteiger partial charge on any atom is 0.332 e. The Bertz CT molecular complexity index is 695. The number of fused-ring (bicyclic) bond motifs is 1. The fraction of sp³-hybridized carbons (Fsp3) is 0.500. The van der Waals surface area contributed by atoms with E-state index in [2.05, 4.69) is 4.98 Å². The third-order valence-corrected chi connectivity index (χ3v) is 3.62. The second-order valence-corrected chi connectivity index (χ2v) is 5.00. The van der Waals surface area contributed by atoms with Crippen molar-refractivity contribution in [3.63, 3.8) is 0 Å². The van der Waals surface area contributed by atoms with E-state index >= 15 is 0 Å². The average molecular weight is 254 g/mol. The Hall–Kier alpha value is -1.50. The zero-order valence-corrected chi connectivity index (χ0v) is 11.0. The maximum absolute atomic E-state index is 12.0. The maximum atomic E-state index is 12.0. The van der Waals surface area contributed by atoms with Gasteiger partial charge in [0.1, 0.15) is 0 Å². The molecule has 0 saturated heterocycles. The molecule has 0 atom stereocenters. The Labute approximate surface area is 102 Å². The molecule has 2 rings (SSSR count). The van der Waals surface area contributed by atoms with Crippen LogP contribution in [0.4, 0.5) is 0 Å². The third-order valence-electron chi connectivity index (χ3n) is 2.71. The predicted molar refractivity (Wildman–Crippen MR) is 67.6 cm³/mol. The van der Waals surface area contributed by atoms with E-state index in [1.807, 2.05) is 6.92 Å². The van der Waals surface area contributed by atoms with Crippen molar-refractivity contribution in [3.8, 4) is 0 Å². The smallest absolute Gasteiger partial charge is 0.316 e. The van der Waals surface area contributed by atoms with E-state index in [-0.39, 0.29) is 11.2 Å². The summed E-state index contributed by atoms with van der Waals surface area (Å²) in [5.41, 5.74) is 0.247. The van der Waals surface area contributed by atoms with Crippen molar-refractivity contribution in [2.45, 2.75) is 12.1 Å². The quantitative estimate of drug-likeness (QED) is 0.712. The van der Waals surface area contributed by atoms with Crippen LogP contribution in [0.25, 0.3) is 11.2 Å². The van der Waals surface area contributed by atoms with Crippen LogP contribution in [0, 0.1) is 0 Å². The summed E-state index contributed by atoms with van der Waals surface area (Å²) in [6, 6.07) is 0. The van der Waals surface area contributed by atoms with Gasteiger partial charge in [0.15, 0.2) is 16.3 Å². The predicted octanol–water partition coefficient (Wildman–Crippen LogP) is 0.0827. The number of hydrogen-bond donors (Lipinski definition) is 0. The molecule has 2 heterocycles. The van der Waals surface area contributed by atoms with Gasteiger partial charge in [0, 0.05) is 21.1 Å². The standard InChI is InChI=1S/C10H14N4O2S/c1-5-17-9-11-7-6(12(9)2)8(15)14(4)10(16)13(7)3/h5H2,1-4H3. The van der Waals surface area contributed by atoms with Gasteiger partial charge in [0.2, 0.25) is 0 Å². The number of imidazole rings is 1. The van der Waals surface area contributed by atoms with Crippen molar-refractivity contribution in [1.82, 2.24) is 18.7 Å². The minimum atomic E-state index is -0.353. The van der Waals surface area contributed by atoms with Crippen LogP contribution in [0.5, 0.6) is 0 Å². The summed E-state index contributed by atoms with van der Waals surface area (Å²) in [4.78, 5) is 28.1. The molecule has 0 aliphatic heterocycles. The van der Waals surface area contributed by atoms with E-state index < -0.39 is 0 Å². The number of rotatable bonds is 2. The van der Waals surface area contributed by atoms with Gasteiger partial charge in [0.25, 0.3) is 5.56 Å². The second-order valence-electron chi connectivity index (χ2n) is 3.76. The molecule has 0 saturated carbocycles. The van der Waals surface area contributed by atoms with Crippen molar-refractivity contribution >= 4 is 22.9 Å². The van der Waals surface area contributed by atoms with Crippen molar-refractivity contribution in [2.24, 2.45) is 21.1 Å². The average Bonchev–Trinajstić information content (AvgIpc) is 2.62. The van der Waals surface area contributed by atoms with Gasteiger partial charge in [-0.25, -0.2) is 9.78 Å². The first-order valence-electron chi connectivity index (χ1n) is 5.24. The van der Waals surface area contributed by atoms with Gasteiger partial charge >= 0.3 is 5.69 Å². The molecule has 0 spiro atoms. The molecule has 7 heteroatoms. The van der Waals surface area contributed by atoms with E-state index in [9.17, 15) is 9.59 Å². The molecule has 2 aromatic rings. The first kappa shape index (κ1) is 12.0. The molecule has 0 bridgehead atoms. The van der Waals surface area contributed by atoms with E-state index in [1.54, 1.807) is 30.4 Å². The molecule has 2 aromatic heterocycles. The third kappa shape index (κ3) is 1.61. The molecule has 0 N–H and O–H groups in total. The molecule has 0 amide bonds. The molecule has 17 heavy (non-hydrogen) atoms. The first-order valence-corrected chi connectivity index (χ1v) is 6.22. The van der Waals surface area contributed by atoms with Gasteiger partial charge in [0.05, 0.1) is 0 Å². The summed E-state index contributed by atoms with van der Waals surface area (Å²) in [6.07, 6.45) is 0. The largest absolute Gasteiger partial charge is 0.332 e. The molecule has 0 fully saturated rings. The summed E-state index contributed by atoms with van der Waals surface area (Å²) in [7, 11) is 4.89. The summed E-state index contributed by atoms with van der Waals surface area (Å²) in [5.74, 6) is 0.866. The SMILES string of the molecule is CCSc1nc2c(c(=O)n(C)c(=O)n2C)n1C. The van der Waals surface area contributed by atoms with E-state index in [4.69, 9.17) is 0 Å². The van der Waals surface area contributed by atoms with E-state index in [0.717, 1.165) is 15.5 Å². The molecule has 0 unspecified atom stereocenters. The van der Waals surface area contributed by atoms with Gasteiger partial charge in [-0.3, -0.25) is 13.9 Å². The normalized spacial score (nSPS) is 11.3. The molecule has 6 nitrogen and oxygen atoms in total. The lowest BCUT2D eigenvalue weighted by molar-refractivity contribution is 0.705. The number of nitrogens with zero attached hydrogens (tertiary/aromatic N) is 4. The molecule has 0 aromatic carbocycles. The van der Waals surface area contributed by atoms with Gasteiger partial charge in [-0.05, 0) is 5.75 Å². The van der Waals surface area contributed by atoms with Crippen molar-refractivity contribution < 1.29 is 0 Å². The number of aromatic nitrogens is 4. The van der Waals surface area contributed by atoms with E-state index in [1.165, 1.54) is 11.6 Å². The number of hydrogen-bond acceptors (Lipinski definition) is 4. The van der Waals surface area contributed by atoms with Crippen LogP contribution in [-0.2, 0) is 21.1 Å². The number of aryl methyl sites for hydroxylation is 2. The van der Waals surface area contributed by atoms with Crippen LogP contribution in [0.2, 0.25) is 0 Å². The highest BCUT2D eigenvalue weighted by atomic mass is 32.2. The van der Waals surface area contributed by atoms with Crippen molar-refractivity contribution in [1.29, 1.82) is 0 Å². The number of thioether (sulfide) groups is 1. The molecule has 0 aliphatic rings. The Morgan fingerprint density at radius 1 is 1.12 bits per heavy atom. The zero-order chi connectivity index (χ0) is 12.7. The minimum absolute atomic E-state index is 0.305. The molecular weight excluding hydrogens is 240 g/mol. The lowest BCUT2D eigenvalue weighted by atomic mass is 10.5. The van der Waals surface area contributed by atoms with Gasteiger partial charge in [-0.2, -0.15) is 0 Å². The Balaban J connectivity index is 2.97. The van der Waals surface area contributed by atoms with Crippen LogP contribution >= 0.6 is 11.8 Å². The van der Waals surface area contributed by atoms with E-state index in [0.29, 0.717) is 11.2 Å². The van der Waals surface area contributed by atoms with Crippen LogP contribution in [-0.4, -0.2) is 24.4 Å². The fourth-order valence-corrected chi connectivity index (χ4v) is 2.45. The first-order chi connectivity index (χ1) is 7.99. The Morgan fingerprint density at radius 2 is 1.76 bits per heavy atom. The summed E-state index contributed by atoms with van der Waals surface area (Å²) < 4.78 is 4.24. The van der Waals surface area contributed by atoms with Gasteiger partial charge in [-0.1, -0.05) is 18.7 Å². The molecule has 0 aliphatic carbocycles. The molecule has 0 radical (unpaired) electrons. The highest BCUT2D eigenvalue weighted by Gasteiger charge is 2.16. The lowest BCUT2D eigenvalue weighted by Crippen LogP contribution is -2.37. The van der Waals surface area contributed by atoms with Crippen LogP contribution in [0.15, 0.2) is 14.7 Å². The van der Waals surface area contributed by atoms with Crippen molar-refractivity contribution in [2.75, 3.05) is 5.75 Å². The van der Waals surface area contributed by atoms with Gasteiger partial charge < -0.3 is 4.57 Å². The summed E-state index contributed by atoms with van der Waals surface area (Å²) in [5, 5.41) is 0.751.